The van der Waals surface area contributed by atoms with E-state index in [2.05, 4.69) is 67.7 Å². The molecule has 0 heterocycles. The van der Waals surface area contributed by atoms with Gasteiger partial charge in [0.15, 0.2) is 0 Å². The van der Waals surface area contributed by atoms with Crippen LogP contribution in [0.2, 0.25) is 0 Å². The van der Waals surface area contributed by atoms with Crippen LogP contribution in [0, 0.1) is 13.8 Å². The van der Waals surface area contributed by atoms with Gasteiger partial charge in [-0.15, -0.1) is 0 Å². The Labute approximate surface area is 187 Å². The first-order chi connectivity index (χ1) is 15.0. The number of amides is 2. The first-order valence-corrected chi connectivity index (χ1v) is 11.7. The molecule has 1 fully saturated rings. The SMILES string of the molecule is CC[C@@H](C(=O)NC1CCCC1)N(Cc1ccc(C)cc1)C(=O)CCc1ccc(C)cc1. The van der Waals surface area contributed by atoms with Crippen molar-refractivity contribution < 1.29 is 9.59 Å². The van der Waals surface area contributed by atoms with Crippen molar-refractivity contribution in [2.45, 2.75) is 84.3 Å². The Morgan fingerprint density at radius 1 is 0.935 bits per heavy atom. The van der Waals surface area contributed by atoms with E-state index < -0.39 is 6.04 Å². The summed E-state index contributed by atoms with van der Waals surface area (Å²) in [6.07, 6.45) is 6.13. The Hall–Kier alpha value is -2.62. The smallest absolute Gasteiger partial charge is 0.243 e. The van der Waals surface area contributed by atoms with E-state index in [9.17, 15) is 9.59 Å². The van der Waals surface area contributed by atoms with Gasteiger partial charge in [-0.05, 0) is 50.7 Å². The van der Waals surface area contributed by atoms with E-state index in [0.717, 1.165) is 24.0 Å². The Morgan fingerprint density at radius 3 is 2.03 bits per heavy atom. The van der Waals surface area contributed by atoms with Crippen LogP contribution >= 0.6 is 0 Å². The monoisotopic (exact) mass is 420 g/mol. The molecule has 1 aliphatic carbocycles. The van der Waals surface area contributed by atoms with Gasteiger partial charge in [0, 0.05) is 19.0 Å². The highest BCUT2D eigenvalue weighted by Crippen LogP contribution is 2.20. The Morgan fingerprint density at radius 2 is 1.48 bits per heavy atom. The molecule has 1 atom stereocenters. The molecule has 0 bridgehead atoms. The summed E-state index contributed by atoms with van der Waals surface area (Å²) in [4.78, 5) is 28.3. The fraction of sp³-hybridized carbons (Fsp3) is 0.481. The van der Waals surface area contributed by atoms with Crippen LogP contribution in [-0.4, -0.2) is 28.8 Å². The third kappa shape index (κ3) is 6.68. The molecule has 0 saturated heterocycles. The first kappa shape index (κ1) is 23.1. The van der Waals surface area contributed by atoms with Crippen LogP contribution in [0.15, 0.2) is 48.5 Å². The Bertz CT molecular complexity index is 852. The van der Waals surface area contributed by atoms with Crippen LogP contribution in [0.3, 0.4) is 0 Å². The predicted octanol–water partition coefficient (Wildman–Crippen LogP) is 5.10. The van der Waals surface area contributed by atoms with E-state index >= 15 is 0 Å². The lowest BCUT2D eigenvalue weighted by Crippen LogP contribution is -2.51. The zero-order valence-electron chi connectivity index (χ0n) is 19.2. The normalized spacial score (nSPS) is 14.9. The molecule has 2 aromatic rings. The van der Waals surface area contributed by atoms with Crippen molar-refractivity contribution in [3.05, 3.63) is 70.8 Å². The zero-order chi connectivity index (χ0) is 22.2. The van der Waals surface area contributed by atoms with E-state index in [1.165, 1.54) is 24.0 Å². The second-order valence-electron chi connectivity index (χ2n) is 8.91. The van der Waals surface area contributed by atoms with E-state index in [-0.39, 0.29) is 17.9 Å². The van der Waals surface area contributed by atoms with Crippen LogP contribution in [0.25, 0.3) is 0 Å². The van der Waals surface area contributed by atoms with Gasteiger partial charge in [-0.25, -0.2) is 0 Å². The van der Waals surface area contributed by atoms with Gasteiger partial charge >= 0.3 is 0 Å². The van der Waals surface area contributed by atoms with Crippen LogP contribution in [0.5, 0.6) is 0 Å². The molecular weight excluding hydrogens is 384 g/mol. The van der Waals surface area contributed by atoms with Crippen LogP contribution in [-0.2, 0) is 22.6 Å². The van der Waals surface area contributed by atoms with Gasteiger partial charge in [0.1, 0.15) is 6.04 Å². The van der Waals surface area contributed by atoms with Gasteiger partial charge in [-0.2, -0.15) is 0 Å². The average Bonchev–Trinajstić information content (AvgIpc) is 3.27. The second kappa shape index (κ2) is 11.1. The molecule has 1 N–H and O–H groups in total. The molecule has 2 aromatic carbocycles. The molecule has 3 rings (SSSR count). The quantitative estimate of drug-likeness (QED) is 0.613. The van der Waals surface area contributed by atoms with E-state index in [0.29, 0.717) is 25.8 Å². The van der Waals surface area contributed by atoms with Gasteiger partial charge < -0.3 is 10.2 Å². The molecule has 4 heteroatoms. The fourth-order valence-corrected chi connectivity index (χ4v) is 4.33. The molecule has 0 spiro atoms. The van der Waals surface area contributed by atoms with Crippen molar-refractivity contribution in [1.29, 1.82) is 0 Å². The number of hydrogen-bond donors (Lipinski definition) is 1. The first-order valence-electron chi connectivity index (χ1n) is 11.7. The zero-order valence-corrected chi connectivity index (χ0v) is 19.2. The van der Waals surface area contributed by atoms with Crippen molar-refractivity contribution in [3.63, 3.8) is 0 Å². The number of carbonyl (C=O) groups excluding carboxylic acids is 2. The van der Waals surface area contributed by atoms with Crippen molar-refractivity contribution in [2.75, 3.05) is 0 Å². The summed E-state index contributed by atoms with van der Waals surface area (Å²) in [5.74, 6) is 0.0276. The highest BCUT2D eigenvalue weighted by Gasteiger charge is 2.30. The summed E-state index contributed by atoms with van der Waals surface area (Å²) in [7, 11) is 0. The van der Waals surface area contributed by atoms with Crippen molar-refractivity contribution in [1.82, 2.24) is 10.2 Å². The van der Waals surface area contributed by atoms with Gasteiger partial charge in [0.2, 0.25) is 11.8 Å². The van der Waals surface area contributed by atoms with Gasteiger partial charge in [-0.1, -0.05) is 79.4 Å². The number of nitrogens with zero attached hydrogens (tertiary/aromatic N) is 1. The highest BCUT2D eigenvalue weighted by atomic mass is 16.2. The number of nitrogens with one attached hydrogen (secondary N) is 1. The molecule has 1 aliphatic rings. The molecule has 4 nitrogen and oxygen atoms in total. The maximum atomic E-state index is 13.3. The Kier molecular flexibility index (Phi) is 8.27. The molecule has 0 aromatic heterocycles. The summed E-state index contributed by atoms with van der Waals surface area (Å²) >= 11 is 0. The minimum absolute atomic E-state index is 0.00908. The Balaban J connectivity index is 1.74. The number of aryl methyl sites for hydroxylation is 3. The van der Waals surface area contributed by atoms with Crippen molar-refractivity contribution in [2.24, 2.45) is 0 Å². The molecule has 1 saturated carbocycles. The standard InChI is InChI=1S/C27H36N2O2/c1-4-25(27(31)28-24-7-5-6-8-24)29(19-23-15-11-21(3)12-16-23)26(30)18-17-22-13-9-20(2)10-14-22/h9-16,24-25H,4-8,17-19H2,1-3H3,(H,28,31)/t25-/m0/s1. The molecular formula is C27H36N2O2. The van der Waals surface area contributed by atoms with E-state index in [1.54, 1.807) is 4.90 Å². The maximum absolute atomic E-state index is 13.3. The average molecular weight is 421 g/mol. The summed E-state index contributed by atoms with van der Waals surface area (Å²) in [5.41, 5.74) is 4.61. The maximum Gasteiger partial charge on any atom is 0.243 e. The lowest BCUT2D eigenvalue weighted by molar-refractivity contribution is -0.141. The fourth-order valence-electron chi connectivity index (χ4n) is 4.33. The summed E-state index contributed by atoms with van der Waals surface area (Å²) in [5, 5.41) is 3.21. The van der Waals surface area contributed by atoms with Gasteiger partial charge in [0.05, 0.1) is 0 Å². The third-order valence-corrected chi connectivity index (χ3v) is 6.31. The van der Waals surface area contributed by atoms with E-state index in [4.69, 9.17) is 0 Å². The molecule has 2 amide bonds. The number of benzene rings is 2. The molecule has 0 aliphatic heterocycles. The molecule has 31 heavy (non-hydrogen) atoms. The molecule has 0 radical (unpaired) electrons. The van der Waals surface area contributed by atoms with Gasteiger partial charge in [0.25, 0.3) is 0 Å². The minimum Gasteiger partial charge on any atom is -0.352 e. The van der Waals surface area contributed by atoms with Crippen LogP contribution < -0.4 is 5.32 Å². The lowest BCUT2D eigenvalue weighted by atomic mass is 10.0. The summed E-state index contributed by atoms with van der Waals surface area (Å²) < 4.78 is 0. The third-order valence-electron chi connectivity index (χ3n) is 6.31. The number of rotatable bonds is 9. The highest BCUT2D eigenvalue weighted by molar-refractivity contribution is 5.88. The summed E-state index contributed by atoms with van der Waals surface area (Å²) in [6.45, 7) is 6.57. The topological polar surface area (TPSA) is 49.4 Å². The summed E-state index contributed by atoms with van der Waals surface area (Å²) in [6, 6.07) is 16.4. The minimum atomic E-state index is -0.438. The molecule has 0 unspecified atom stereocenters. The van der Waals surface area contributed by atoms with Crippen molar-refractivity contribution >= 4 is 11.8 Å². The van der Waals surface area contributed by atoms with Crippen LogP contribution in [0.1, 0.15) is 67.7 Å². The van der Waals surface area contributed by atoms with Crippen molar-refractivity contribution in [3.8, 4) is 0 Å². The lowest BCUT2D eigenvalue weighted by Gasteiger charge is -2.31. The van der Waals surface area contributed by atoms with Gasteiger partial charge in [-0.3, -0.25) is 9.59 Å². The largest absolute Gasteiger partial charge is 0.352 e. The second-order valence-corrected chi connectivity index (χ2v) is 8.91. The van der Waals surface area contributed by atoms with Crippen LogP contribution in [0.4, 0.5) is 0 Å². The number of hydrogen-bond acceptors (Lipinski definition) is 2. The predicted molar refractivity (Wildman–Crippen MR) is 126 cm³/mol. The van der Waals surface area contributed by atoms with E-state index in [1.807, 2.05) is 6.92 Å². The number of carbonyl (C=O) groups is 2. The molecule has 166 valence electrons.